The van der Waals surface area contributed by atoms with Gasteiger partial charge in [0.25, 0.3) is 11.8 Å². The van der Waals surface area contributed by atoms with Crippen molar-refractivity contribution in [3.8, 4) is 0 Å². The topological polar surface area (TPSA) is 146 Å². The number of H-pyrrole nitrogens is 1. The van der Waals surface area contributed by atoms with Crippen LogP contribution in [0.1, 0.15) is 20.7 Å². The first-order chi connectivity index (χ1) is 14.4. The van der Waals surface area contributed by atoms with Crippen LogP contribution in [-0.4, -0.2) is 63.7 Å². The van der Waals surface area contributed by atoms with E-state index in [-0.39, 0.29) is 48.6 Å². The van der Waals surface area contributed by atoms with Crippen LogP contribution >= 0.6 is 0 Å². The van der Waals surface area contributed by atoms with E-state index in [1.807, 2.05) is 0 Å². The summed E-state index contributed by atoms with van der Waals surface area (Å²) < 4.78 is 13.7. The largest absolute Gasteiger partial charge is 0.376 e. The van der Waals surface area contributed by atoms with Gasteiger partial charge in [0.05, 0.1) is 23.7 Å². The molecule has 1 saturated heterocycles. The van der Waals surface area contributed by atoms with Gasteiger partial charge < -0.3 is 21.3 Å². The maximum absolute atomic E-state index is 13.7. The van der Waals surface area contributed by atoms with Gasteiger partial charge in [-0.25, -0.2) is 4.39 Å². The summed E-state index contributed by atoms with van der Waals surface area (Å²) in [6.45, 7) is 0.523. The maximum Gasteiger partial charge on any atom is 0.256 e. The highest BCUT2D eigenvalue weighted by Crippen LogP contribution is 2.21. The monoisotopic (exact) mass is 411 g/mol. The van der Waals surface area contributed by atoms with Crippen molar-refractivity contribution in [1.29, 1.82) is 0 Å². The van der Waals surface area contributed by atoms with Crippen molar-refractivity contribution in [1.82, 2.24) is 25.6 Å². The van der Waals surface area contributed by atoms with Crippen LogP contribution in [0.15, 0.2) is 36.4 Å². The molecule has 0 aliphatic carbocycles. The SMILES string of the molecule is NC(=O)c1ccccc1NCC(=O)NC1CN(C(=O)c2cc(F)cc3n[nH]nc23)C1. The Morgan fingerprint density at radius 3 is 2.70 bits per heavy atom. The number of hydrogen-bond acceptors (Lipinski definition) is 6. The molecule has 1 aromatic heterocycles. The zero-order chi connectivity index (χ0) is 21.3. The molecular formula is C19H18FN7O3. The van der Waals surface area contributed by atoms with E-state index < -0.39 is 11.7 Å². The van der Waals surface area contributed by atoms with Crippen LogP contribution in [0.4, 0.5) is 10.1 Å². The number of benzene rings is 2. The normalized spacial score (nSPS) is 13.7. The molecule has 154 valence electrons. The Bertz CT molecular complexity index is 1140. The van der Waals surface area contributed by atoms with Crippen molar-refractivity contribution in [3.05, 3.63) is 53.3 Å². The molecule has 1 aliphatic heterocycles. The number of fused-ring (bicyclic) bond motifs is 1. The van der Waals surface area contributed by atoms with E-state index in [0.29, 0.717) is 16.8 Å². The Balaban J connectivity index is 1.31. The number of amides is 3. The smallest absolute Gasteiger partial charge is 0.256 e. The summed E-state index contributed by atoms with van der Waals surface area (Å²) in [4.78, 5) is 37.7. The van der Waals surface area contributed by atoms with Gasteiger partial charge in [0.15, 0.2) is 0 Å². The number of rotatable bonds is 6. The predicted molar refractivity (Wildman–Crippen MR) is 105 cm³/mol. The lowest BCUT2D eigenvalue weighted by Gasteiger charge is -2.39. The zero-order valence-corrected chi connectivity index (χ0v) is 15.7. The number of nitrogens with two attached hydrogens (primary N) is 1. The fourth-order valence-corrected chi connectivity index (χ4v) is 3.29. The number of carbonyl (C=O) groups is 3. The van der Waals surface area contributed by atoms with E-state index in [1.165, 1.54) is 11.0 Å². The minimum Gasteiger partial charge on any atom is -0.376 e. The van der Waals surface area contributed by atoms with Gasteiger partial charge in [0.1, 0.15) is 16.9 Å². The molecule has 10 nitrogen and oxygen atoms in total. The van der Waals surface area contributed by atoms with Crippen LogP contribution < -0.4 is 16.4 Å². The second-order valence-electron chi connectivity index (χ2n) is 6.88. The van der Waals surface area contributed by atoms with E-state index in [1.54, 1.807) is 24.3 Å². The molecule has 0 radical (unpaired) electrons. The van der Waals surface area contributed by atoms with Crippen molar-refractivity contribution < 1.29 is 18.8 Å². The number of hydrogen-bond donors (Lipinski definition) is 4. The van der Waals surface area contributed by atoms with Gasteiger partial charge in [0, 0.05) is 24.8 Å². The van der Waals surface area contributed by atoms with Crippen LogP contribution in [0.5, 0.6) is 0 Å². The van der Waals surface area contributed by atoms with Crippen molar-refractivity contribution in [2.24, 2.45) is 5.73 Å². The second-order valence-corrected chi connectivity index (χ2v) is 6.88. The van der Waals surface area contributed by atoms with E-state index >= 15 is 0 Å². The van der Waals surface area contributed by atoms with Gasteiger partial charge in [-0.05, 0) is 18.2 Å². The van der Waals surface area contributed by atoms with Crippen LogP contribution in [-0.2, 0) is 4.79 Å². The number of para-hydroxylation sites is 1. The molecule has 4 rings (SSSR count). The van der Waals surface area contributed by atoms with Gasteiger partial charge in [-0.2, -0.15) is 15.4 Å². The highest BCUT2D eigenvalue weighted by atomic mass is 19.1. The Labute approximate surface area is 169 Å². The standard InChI is InChI=1S/C19H18FN7O3/c20-10-5-13(17-15(6-10)24-26-25-17)19(30)27-8-11(9-27)23-16(28)7-22-14-4-2-1-3-12(14)18(21)29/h1-6,11,22H,7-9H2,(H2,21,29)(H,23,28)(H,24,25,26). The third kappa shape index (κ3) is 3.77. The van der Waals surface area contributed by atoms with E-state index in [4.69, 9.17) is 5.73 Å². The summed E-state index contributed by atoms with van der Waals surface area (Å²) in [5.41, 5.74) is 6.75. The van der Waals surface area contributed by atoms with Gasteiger partial charge in [-0.15, -0.1) is 0 Å². The lowest BCUT2D eigenvalue weighted by molar-refractivity contribution is -0.121. The number of nitrogens with zero attached hydrogens (tertiary/aromatic N) is 3. The summed E-state index contributed by atoms with van der Waals surface area (Å²) in [5, 5.41) is 15.8. The van der Waals surface area contributed by atoms with Gasteiger partial charge in [-0.1, -0.05) is 12.1 Å². The van der Waals surface area contributed by atoms with E-state index in [2.05, 4.69) is 26.0 Å². The average molecular weight is 411 g/mol. The minimum atomic E-state index is -0.592. The first-order valence-electron chi connectivity index (χ1n) is 9.13. The van der Waals surface area contributed by atoms with Crippen molar-refractivity contribution in [2.45, 2.75) is 6.04 Å². The molecule has 0 bridgehead atoms. The number of carbonyl (C=O) groups excluding carboxylic acids is 3. The van der Waals surface area contributed by atoms with Crippen molar-refractivity contribution >= 4 is 34.4 Å². The molecule has 2 aromatic carbocycles. The van der Waals surface area contributed by atoms with E-state index in [0.717, 1.165) is 6.07 Å². The molecule has 5 N–H and O–H groups in total. The molecule has 0 saturated carbocycles. The fourth-order valence-electron chi connectivity index (χ4n) is 3.29. The summed E-state index contributed by atoms with van der Waals surface area (Å²) in [7, 11) is 0. The number of aromatic amines is 1. The van der Waals surface area contributed by atoms with Crippen LogP contribution in [0.3, 0.4) is 0 Å². The minimum absolute atomic E-state index is 0.0573. The molecule has 0 spiro atoms. The lowest BCUT2D eigenvalue weighted by Crippen LogP contribution is -2.61. The predicted octanol–water partition coefficient (Wildman–Crippen LogP) is 0.249. The Kier molecular flexibility index (Phi) is 5.00. The third-order valence-corrected chi connectivity index (χ3v) is 4.78. The molecule has 1 aliphatic rings. The molecule has 30 heavy (non-hydrogen) atoms. The number of primary amides is 1. The number of nitrogens with one attached hydrogen (secondary N) is 3. The van der Waals surface area contributed by atoms with E-state index in [9.17, 15) is 18.8 Å². The molecule has 3 amide bonds. The summed E-state index contributed by atoms with van der Waals surface area (Å²) in [5.74, 6) is -1.85. The van der Waals surface area contributed by atoms with Gasteiger partial charge in [-0.3, -0.25) is 14.4 Å². The number of halogens is 1. The first-order valence-corrected chi connectivity index (χ1v) is 9.13. The average Bonchev–Trinajstić information content (AvgIpc) is 3.16. The molecule has 1 fully saturated rings. The number of aromatic nitrogens is 3. The number of likely N-dealkylation sites (tertiary alicyclic amines) is 1. The molecule has 2 heterocycles. The quantitative estimate of drug-likeness (QED) is 0.457. The zero-order valence-electron chi connectivity index (χ0n) is 15.7. The molecule has 11 heteroatoms. The Morgan fingerprint density at radius 2 is 1.93 bits per heavy atom. The highest BCUT2D eigenvalue weighted by molar-refractivity contribution is 6.05. The third-order valence-electron chi connectivity index (χ3n) is 4.78. The van der Waals surface area contributed by atoms with Crippen LogP contribution in [0, 0.1) is 5.82 Å². The van der Waals surface area contributed by atoms with Crippen LogP contribution in [0.25, 0.3) is 11.0 Å². The fraction of sp³-hybridized carbons (Fsp3) is 0.211. The Morgan fingerprint density at radius 1 is 1.17 bits per heavy atom. The Hall–Kier alpha value is -4.02. The second kappa shape index (κ2) is 7.78. The summed E-state index contributed by atoms with van der Waals surface area (Å²) in [6.07, 6.45) is 0. The molecule has 0 atom stereocenters. The highest BCUT2D eigenvalue weighted by Gasteiger charge is 2.33. The number of anilines is 1. The van der Waals surface area contributed by atoms with Crippen LogP contribution in [0.2, 0.25) is 0 Å². The first kappa shape index (κ1) is 19.3. The van der Waals surface area contributed by atoms with Gasteiger partial charge >= 0.3 is 0 Å². The molecule has 0 unspecified atom stereocenters. The van der Waals surface area contributed by atoms with Crippen molar-refractivity contribution in [2.75, 3.05) is 25.0 Å². The lowest BCUT2D eigenvalue weighted by atomic mass is 10.1. The summed E-state index contributed by atoms with van der Waals surface area (Å²) >= 11 is 0. The van der Waals surface area contributed by atoms with Gasteiger partial charge in [0.2, 0.25) is 5.91 Å². The summed E-state index contributed by atoms with van der Waals surface area (Å²) in [6, 6.07) is 8.71. The maximum atomic E-state index is 13.7. The van der Waals surface area contributed by atoms with Crippen molar-refractivity contribution in [3.63, 3.8) is 0 Å². The molecule has 3 aromatic rings. The molecular weight excluding hydrogens is 393 g/mol.